The molecule has 1 saturated heterocycles. The number of pyridine rings is 2. The third kappa shape index (κ3) is 4.90. The van der Waals surface area contributed by atoms with Crippen molar-refractivity contribution in [2.45, 2.75) is 12.1 Å². The van der Waals surface area contributed by atoms with Crippen molar-refractivity contribution < 1.29 is 9.47 Å². The van der Waals surface area contributed by atoms with Gasteiger partial charge in [-0.1, -0.05) is 29.3 Å². The van der Waals surface area contributed by atoms with Crippen molar-refractivity contribution in [1.82, 2.24) is 19.9 Å². The van der Waals surface area contributed by atoms with Crippen molar-refractivity contribution in [2.24, 2.45) is 0 Å². The predicted octanol–water partition coefficient (Wildman–Crippen LogP) is 5.78. The highest BCUT2D eigenvalue weighted by molar-refractivity contribution is 7.80. The molecule has 184 valence electrons. The van der Waals surface area contributed by atoms with E-state index in [2.05, 4.69) is 26.3 Å². The number of benzene rings is 1. The Kier molecular flexibility index (Phi) is 7.38. The van der Waals surface area contributed by atoms with Gasteiger partial charge in [0.05, 0.1) is 28.4 Å². The lowest BCUT2D eigenvalue weighted by Gasteiger charge is -2.29. The van der Waals surface area contributed by atoms with Crippen LogP contribution in [0.15, 0.2) is 79.3 Å². The predicted molar refractivity (Wildman–Crippen MR) is 145 cm³/mol. The molecule has 0 radical (unpaired) electrons. The van der Waals surface area contributed by atoms with Crippen molar-refractivity contribution in [3.8, 4) is 11.6 Å². The lowest BCUT2D eigenvalue weighted by atomic mass is 10.0. The maximum absolute atomic E-state index is 6.61. The number of rotatable bonds is 8. The van der Waals surface area contributed by atoms with Crippen LogP contribution in [-0.2, 0) is 4.74 Å². The van der Waals surface area contributed by atoms with Gasteiger partial charge in [0, 0.05) is 37.1 Å². The summed E-state index contributed by atoms with van der Waals surface area (Å²) < 4.78 is 12.8. The molecule has 1 aliphatic rings. The molecule has 0 amide bonds. The number of aromatic nitrogens is 3. The number of thiocarbonyl (C=S) groups is 1. The van der Waals surface area contributed by atoms with Crippen molar-refractivity contribution in [3.63, 3.8) is 0 Å². The first kappa shape index (κ1) is 24.5. The molecule has 0 unspecified atom stereocenters. The minimum atomic E-state index is -0.240. The van der Waals surface area contributed by atoms with E-state index in [1.807, 2.05) is 65.4 Å². The van der Waals surface area contributed by atoms with Crippen LogP contribution >= 0.6 is 35.4 Å². The first-order chi connectivity index (χ1) is 17.6. The maximum atomic E-state index is 6.61. The topological polar surface area (TPSA) is 64.4 Å². The molecule has 1 fully saturated rings. The van der Waals surface area contributed by atoms with Gasteiger partial charge in [-0.05, 0) is 66.8 Å². The number of methoxy groups -OCH3 is 1. The van der Waals surface area contributed by atoms with E-state index < -0.39 is 0 Å². The number of anilines is 1. The highest BCUT2D eigenvalue weighted by atomic mass is 35.5. The quantitative estimate of drug-likeness (QED) is 0.225. The SMILES string of the molecule is COCCOc1ccc(N2C(=S)N[C@@H](c3ccccn3)[C@H]2c2cccn2-c2ccc(Cl)cn2)cc1Cl. The third-order valence-corrected chi connectivity index (χ3v) is 6.71. The van der Waals surface area contributed by atoms with Gasteiger partial charge in [-0.15, -0.1) is 0 Å². The number of hydrogen-bond acceptors (Lipinski definition) is 5. The molecule has 1 aromatic carbocycles. The summed E-state index contributed by atoms with van der Waals surface area (Å²) in [4.78, 5) is 11.2. The van der Waals surface area contributed by atoms with E-state index >= 15 is 0 Å². The molecule has 0 saturated carbocycles. The molecule has 1 N–H and O–H groups in total. The Morgan fingerprint density at radius 2 is 1.92 bits per heavy atom. The molecular formula is C26H23Cl2N5O2S. The standard InChI is InChI=1S/C26H23Cl2N5O2S/c1-34-13-14-35-22-9-8-18(15-19(22)28)33-25(24(31-26(33)36)20-5-2-3-11-29-20)21-6-4-12-32(21)23-10-7-17(27)16-30-23/h2-12,15-16,24-25H,13-14H2,1H3,(H,31,36)/t24-,25+/m0/s1. The van der Waals surface area contributed by atoms with Crippen molar-refractivity contribution in [1.29, 1.82) is 0 Å². The van der Waals surface area contributed by atoms with Crippen LogP contribution in [0.25, 0.3) is 5.82 Å². The Hall–Kier alpha value is -3.17. The zero-order chi connectivity index (χ0) is 25.1. The minimum Gasteiger partial charge on any atom is -0.490 e. The average molecular weight is 540 g/mol. The van der Waals surface area contributed by atoms with Crippen LogP contribution in [0.4, 0.5) is 5.69 Å². The van der Waals surface area contributed by atoms with E-state index in [1.54, 1.807) is 19.5 Å². The van der Waals surface area contributed by atoms with Crippen molar-refractivity contribution >= 4 is 46.2 Å². The molecule has 0 bridgehead atoms. The summed E-state index contributed by atoms with van der Waals surface area (Å²) in [5.74, 6) is 1.33. The largest absolute Gasteiger partial charge is 0.490 e. The molecule has 0 spiro atoms. The second-order valence-electron chi connectivity index (χ2n) is 8.09. The fourth-order valence-corrected chi connectivity index (χ4v) is 4.97. The Balaban J connectivity index is 1.58. The van der Waals surface area contributed by atoms with E-state index in [9.17, 15) is 0 Å². The van der Waals surface area contributed by atoms with Gasteiger partial charge in [0.1, 0.15) is 24.2 Å². The number of nitrogens with zero attached hydrogens (tertiary/aromatic N) is 4. The Morgan fingerprint density at radius 1 is 1.03 bits per heavy atom. The molecule has 5 rings (SSSR count). The molecule has 0 aliphatic carbocycles. The van der Waals surface area contributed by atoms with Gasteiger partial charge in [-0.3, -0.25) is 4.98 Å². The summed E-state index contributed by atoms with van der Waals surface area (Å²) in [6, 6.07) is 18.8. The third-order valence-electron chi connectivity index (χ3n) is 5.88. The molecule has 3 aromatic heterocycles. The van der Waals surface area contributed by atoms with Gasteiger partial charge in [0.2, 0.25) is 0 Å². The number of ether oxygens (including phenoxy) is 2. The van der Waals surface area contributed by atoms with Gasteiger partial charge in [-0.2, -0.15) is 0 Å². The Morgan fingerprint density at radius 3 is 2.64 bits per heavy atom. The van der Waals surface area contributed by atoms with Crippen LogP contribution in [0.2, 0.25) is 10.0 Å². The molecule has 1 aliphatic heterocycles. The van der Waals surface area contributed by atoms with Crippen molar-refractivity contribution in [2.75, 3.05) is 25.2 Å². The second-order valence-corrected chi connectivity index (χ2v) is 9.32. The minimum absolute atomic E-state index is 0.212. The van der Waals surface area contributed by atoms with Gasteiger partial charge >= 0.3 is 0 Å². The lowest BCUT2D eigenvalue weighted by molar-refractivity contribution is 0.146. The molecule has 2 atom stereocenters. The zero-order valence-electron chi connectivity index (χ0n) is 19.3. The highest BCUT2D eigenvalue weighted by Crippen LogP contribution is 2.43. The van der Waals surface area contributed by atoms with Gasteiger partial charge in [0.25, 0.3) is 0 Å². The van der Waals surface area contributed by atoms with Crippen LogP contribution in [0.5, 0.6) is 5.75 Å². The average Bonchev–Trinajstić information content (AvgIpc) is 3.50. The highest BCUT2D eigenvalue weighted by Gasteiger charge is 2.42. The molecule has 10 heteroatoms. The van der Waals surface area contributed by atoms with Crippen LogP contribution in [-0.4, -0.2) is 40.0 Å². The monoisotopic (exact) mass is 539 g/mol. The van der Waals surface area contributed by atoms with E-state index in [0.29, 0.717) is 34.1 Å². The second kappa shape index (κ2) is 10.8. The zero-order valence-corrected chi connectivity index (χ0v) is 21.7. The fourth-order valence-electron chi connectivity index (χ4n) is 4.28. The smallest absolute Gasteiger partial charge is 0.174 e. The summed E-state index contributed by atoms with van der Waals surface area (Å²) in [6.07, 6.45) is 5.39. The number of hydrogen-bond donors (Lipinski definition) is 1. The van der Waals surface area contributed by atoms with Crippen molar-refractivity contribution in [3.05, 3.63) is 101 Å². The Bertz CT molecular complexity index is 1350. The summed E-state index contributed by atoms with van der Waals surface area (Å²) in [6.45, 7) is 0.882. The Labute approximate surface area is 224 Å². The van der Waals surface area contributed by atoms with Crippen LogP contribution in [0, 0.1) is 0 Å². The summed E-state index contributed by atoms with van der Waals surface area (Å²) in [5, 5.41) is 5.10. The summed E-state index contributed by atoms with van der Waals surface area (Å²) >= 11 is 18.5. The first-order valence-electron chi connectivity index (χ1n) is 11.3. The number of nitrogens with one attached hydrogen (secondary N) is 1. The maximum Gasteiger partial charge on any atom is 0.174 e. The van der Waals surface area contributed by atoms with E-state index in [4.69, 9.17) is 44.9 Å². The van der Waals surface area contributed by atoms with Crippen LogP contribution < -0.4 is 15.0 Å². The molecule has 4 heterocycles. The lowest BCUT2D eigenvalue weighted by Crippen LogP contribution is -2.30. The van der Waals surface area contributed by atoms with Gasteiger partial charge in [-0.25, -0.2) is 4.98 Å². The van der Waals surface area contributed by atoms with Gasteiger partial charge in [0.15, 0.2) is 5.11 Å². The fraction of sp³-hybridized carbons (Fsp3) is 0.192. The van der Waals surface area contributed by atoms with Crippen LogP contribution in [0.1, 0.15) is 23.5 Å². The molecule has 4 aromatic rings. The normalized spacial score (nSPS) is 17.3. The molecule has 7 nitrogen and oxygen atoms in total. The van der Waals surface area contributed by atoms with Crippen LogP contribution in [0.3, 0.4) is 0 Å². The van der Waals surface area contributed by atoms with E-state index in [-0.39, 0.29) is 12.1 Å². The number of halogens is 2. The molecular weight excluding hydrogens is 517 g/mol. The summed E-state index contributed by atoms with van der Waals surface area (Å²) in [7, 11) is 1.63. The van der Waals surface area contributed by atoms with E-state index in [0.717, 1.165) is 22.9 Å². The molecule has 36 heavy (non-hydrogen) atoms. The first-order valence-corrected chi connectivity index (χ1v) is 12.4. The summed E-state index contributed by atoms with van der Waals surface area (Å²) in [5.41, 5.74) is 2.68. The van der Waals surface area contributed by atoms with E-state index in [1.165, 1.54) is 0 Å². The van der Waals surface area contributed by atoms with Gasteiger partial charge < -0.3 is 24.3 Å².